The van der Waals surface area contributed by atoms with Gasteiger partial charge in [-0.15, -0.1) is 11.3 Å². The van der Waals surface area contributed by atoms with Gasteiger partial charge in [0.15, 0.2) is 0 Å². The second-order valence-electron chi connectivity index (χ2n) is 2.94. The first kappa shape index (κ1) is 8.26. The monoisotopic (exact) mass is 190 g/mol. The molecule has 0 radical (unpaired) electrons. The Labute approximate surface area is 80.9 Å². The number of hydrogen-bond acceptors (Lipinski definition) is 3. The molecule has 66 valence electrons. The second-order valence-corrected chi connectivity index (χ2v) is 3.83. The number of rotatable bonds is 2. The number of nitrogens with zero attached hydrogens (tertiary/aromatic N) is 1. The normalized spacial score (nSPS) is 10.2. The summed E-state index contributed by atoms with van der Waals surface area (Å²) >= 11 is 1.65. The van der Waals surface area contributed by atoms with Crippen LogP contribution in [0.25, 0.3) is 10.2 Å². The van der Waals surface area contributed by atoms with E-state index in [4.69, 9.17) is 0 Å². The molecule has 0 aliphatic carbocycles. The predicted molar refractivity (Wildman–Crippen MR) is 58.1 cm³/mol. The molecule has 2 aromatic rings. The number of fused-ring (bicyclic) bond motifs is 1. The fourth-order valence-corrected chi connectivity index (χ4v) is 1.90. The Kier molecular flexibility index (Phi) is 2.02. The molecule has 0 unspecified atom stereocenters. The molecule has 1 N–H and O–H groups in total. The summed E-state index contributed by atoms with van der Waals surface area (Å²) in [6.07, 6.45) is 0. The SMILES string of the molecule is C=C(C)Nc1ccc2ncsc2c1. The minimum Gasteiger partial charge on any atom is -0.360 e. The molecule has 0 saturated carbocycles. The fraction of sp³-hybridized carbons (Fsp3) is 0.100. The highest BCUT2D eigenvalue weighted by Crippen LogP contribution is 2.22. The van der Waals surface area contributed by atoms with Crippen LogP contribution in [-0.4, -0.2) is 4.98 Å². The minimum atomic E-state index is 0.948. The zero-order chi connectivity index (χ0) is 9.26. The van der Waals surface area contributed by atoms with Crippen molar-refractivity contribution in [1.82, 2.24) is 4.98 Å². The van der Waals surface area contributed by atoms with Gasteiger partial charge in [0.1, 0.15) is 0 Å². The Balaban J connectivity index is 2.42. The van der Waals surface area contributed by atoms with Gasteiger partial charge in [0.25, 0.3) is 0 Å². The Morgan fingerprint density at radius 3 is 3.15 bits per heavy atom. The Morgan fingerprint density at radius 2 is 2.38 bits per heavy atom. The maximum Gasteiger partial charge on any atom is 0.0813 e. The molecule has 0 aliphatic heterocycles. The first-order chi connectivity index (χ1) is 6.25. The molecular weight excluding hydrogens is 180 g/mol. The molecule has 0 bridgehead atoms. The maximum absolute atomic E-state index is 4.21. The number of hydrogen-bond donors (Lipinski definition) is 1. The van der Waals surface area contributed by atoms with Gasteiger partial charge in [0.05, 0.1) is 15.7 Å². The summed E-state index contributed by atoms with van der Waals surface area (Å²) in [4.78, 5) is 4.21. The van der Waals surface area contributed by atoms with E-state index in [0.29, 0.717) is 0 Å². The van der Waals surface area contributed by atoms with Crippen LogP contribution in [0.3, 0.4) is 0 Å². The third kappa shape index (κ3) is 1.70. The molecule has 0 saturated heterocycles. The molecule has 0 atom stereocenters. The first-order valence-electron chi connectivity index (χ1n) is 4.01. The van der Waals surface area contributed by atoms with Crippen molar-refractivity contribution in [3.8, 4) is 0 Å². The fourth-order valence-electron chi connectivity index (χ4n) is 1.18. The summed E-state index contributed by atoms with van der Waals surface area (Å²) < 4.78 is 1.20. The smallest absolute Gasteiger partial charge is 0.0813 e. The molecule has 0 amide bonds. The number of benzene rings is 1. The van der Waals surface area contributed by atoms with Crippen molar-refractivity contribution in [2.45, 2.75) is 6.92 Å². The number of allylic oxidation sites excluding steroid dienone is 1. The van der Waals surface area contributed by atoms with Gasteiger partial charge in [0.2, 0.25) is 0 Å². The number of thiazole rings is 1. The van der Waals surface area contributed by atoms with Gasteiger partial charge in [-0.1, -0.05) is 6.58 Å². The highest BCUT2D eigenvalue weighted by Gasteiger charge is 1.97. The molecule has 3 heteroatoms. The Hall–Kier alpha value is -1.35. The van der Waals surface area contributed by atoms with Crippen LogP contribution in [0.4, 0.5) is 5.69 Å². The first-order valence-corrected chi connectivity index (χ1v) is 4.89. The van der Waals surface area contributed by atoms with E-state index in [-0.39, 0.29) is 0 Å². The molecule has 1 aromatic heterocycles. The van der Waals surface area contributed by atoms with Crippen molar-refractivity contribution in [3.05, 3.63) is 36.0 Å². The van der Waals surface area contributed by atoms with Crippen molar-refractivity contribution in [2.75, 3.05) is 5.32 Å². The largest absolute Gasteiger partial charge is 0.360 e. The summed E-state index contributed by atoms with van der Waals surface area (Å²) in [5.74, 6) is 0. The van der Waals surface area contributed by atoms with E-state index in [9.17, 15) is 0 Å². The lowest BCUT2D eigenvalue weighted by atomic mass is 10.3. The van der Waals surface area contributed by atoms with Crippen LogP contribution in [0, 0.1) is 0 Å². The Morgan fingerprint density at radius 1 is 1.54 bits per heavy atom. The average molecular weight is 190 g/mol. The van der Waals surface area contributed by atoms with Crippen LogP contribution in [0.15, 0.2) is 36.0 Å². The van der Waals surface area contributed by atoms with E-state index in [2.05, 4.69) is 22.9 Å². The molecule has 2 rings (SSSR count). The number of aromatic nitrogens is 1. The van der Waals surface area contributed by atoms with Gasteiger partial charge in [-0.2, -0.15) is 0 Å². The molecule has 0 aliphatic rings. The van der Waals surface area contributed by atoms with E-state index < -0.39 is 0 Å². The lowest BCUT2D eigenvalue weighted by Crippen LogP contribution is -1.92. The summed E-state index contributed by atoms with van der Waals surface area (Å²) in [7, 11) is 0. The summed E-state index contributed by atoms with van der Waals surface area (Å²) in [5.41, 5.74) is 4.93. The molecular formula is C10H10N2S. The van der Waals surface area contributed by atoms with E-state index >= 15 is 0 Å². The lowest BCUT2D eigenvalue weighted by molar-refractivity contribution is 1.40. The van der Waals surface area contributed by atoms with Crippen LogP contribution in [-0.2, 0) is 0 Å². The predicted octanol–water partition coefficient (Wildman–Crippen LogP) is 3.24. The van der Waals surface area contributed by atoms with Gasteiger partial charge in [0, 0.05) is 11.4 Å². The van der Waals surface area contributed by atoms with E-state index in [1.807, 2.05) is 24.6 Å². The van der Waals surface area contributed by atoms with E-state index in [1.165, 1.54) is 4.70 Å². The van der Waals surface area contributed by atoms with Crippen molar-refractivity contribution < 1.29 is 0 Å². The van der Waals surface area contributed by atoms with Crippen molar-refractivity contribution >= 4 is 27.2 Å². The van der Waals surface area contributed by atoms with Gasteiger partial charge in [-0.3, -0.25) is 0 Å². The number of nitrogens with one attached hydrogen (secondary N) is 1. The van der Waals surface area contributed by atoms with E-state index in [0.717, 1.165) is 16.9 Å². The van der Waals surface area contributed by atoms with Crippen LogP contribution in [0.1, 0.15) is 6.92 Å². The summed E-state index contributed by atoms with van der Waals surface area (Å²) in [5, 5.41) is 3.17. The Bertz CT molecular complexity index is 445. The second kappa shape index (κ2) is 3.18. The number of anilines is 1. The standard InChI is InChI=1S/C10H10N2S/c1-7(2)12-8-3-4-9-10(5-8)13-6-11-9/h3-6,12H,1H2,2H3. The van der Waals surface area contributed by atoms with Crippen LogP contribution >= 0.6 is 11.3 Å². The zero-order valence-electron chi connectivity index (χ0n) is 7.37. The topological polar surface area (TPSA) is 24.9 Å². The molecule has 1 aromatic carbocycles. The quantitative estimate of drug-likeness (QED) is 0.786. The van der Waals surface area contributed by atoms with Crippen molar-refractivity contribution in [3.63, 3.8) is 0 Å². The molecule has 0 spiro atoms. The maximum atomic E-state index is 4.21. The van der Waals surface area contributed by atoms with E-state index in [1.54, 1.807) is 11.3 Å². The van der Waals surface area contributed by atoms with Crippen LogP contribution in [0.2, 0.25) is 0 Å². The van der Waals surface area contributed by atoms with Gasteiger partial charge in [-0.05, 0) is 25.1 Å². The molecule has 0 fully saturated rings. The van der Waals surface area contributed by atoms with Gasteiger partial charge < -0.3 is 5.32 Å². The summed E-state index contributed by atoms with van der Waals surface area (Å²) in [6.45, 7) is 5.74. The van der Waals surface area contributed by atoms with Gasteiger partial charge in [-0.25, -0.2) is 4.98 Å². The molecule has 13 heavy (non-hydrogen) atoms. The third-order valence-electron chi connectivity index (χ3n) is 1.69. The highest BCUT2D eigenvalue weighted by molar-refractivity contribution is 7.16. The highest BCUT2D eigenvalue weighted by atomic mass is 32.1. The molecule has 1 heterocycles. The molecule has 2 nitrogen and oxygen atoms in total. The minimum absolute atomic E-state index is 0.948. The average Bonchev–Trinajstić information content (AvgIpc) is 2.49. The van der Waals surface area contributed by atoms with Gasteiger partial charge >= 0.3 is 0 Å². The zero-order valence-corrected chi connectivity index (χ0v) is 8.19. The van der Waals surface area contributed by atoms with Crippen LogP contribution < -0.4 is 5.32 Å². The van der Waals surface area contributed by atoms with Crippen molar-refractivity contribution in [2.24, 2.45) is 0 Å². The lowest BCUT2D eigenvalue weighted by Gasteiger charge is -2.03. The summed E-state index contributed by atoms with van der Waals surface area (Å²) in [6, 6.07) is 6.11. The van der Waals surface area contributed by atoms with Crippen LogP contribution in [0.5, 0.6) is 0 Å². The van der Waals surface area contributed by atoms with Crippen molar-refractivity contribution in [1.29, 1.82) is 0 Å². The third-order valence-corrected chi connectivity index (χ3v) is 2.48.